The summed E-state index contributed by atoms with van der Waals surface area (Å²) in [4.78, 5) is 14.5. The molecular formula is C21H26F4N6O3S. The van der Waals surface area contributed by atoms with E-state index in [9.17, 15) is 30.8 Å². The number of rotatable bonds is 6. The zero-order chi connectivity index (χ0) is 25.4. The van der Waals surface area contributed by atoms with Crippen LogP contribution in [-0.2, 0) is 17.1 Å². The van der Waals surface area contributed by atoms with Crippen molar-refractivity contribution in [1.82, 2.24) is 29.5 Å². The normalized spacial score (nSPS) is 21.1. The lowest BCUT2D eigenvalue weighted by molar-refractivity contribution is -0.0856. The Morgan fingerprint density at radius 2 is 1.74 bits per heavy atom. The minimum atomic E-state index is -3.85. The Bertz CT molecular complexity index is 1190. The Kier molecular flexibility index (Phi) is 6.90. The van der Waals surface area contributed by atoms with Crippen molar-refractivity contribution in [3.8, 4) is 0 Å². The lowest BCUT2D eigenvalue weighted by Gasteiger charge is -2.50. The maximum atomic E-state index is 14.0. The lowest BCUT2D eigenvalue weighted by atomic mass is 9.78. The smallest absolute Gasteiger partial charge is 0.264 e. The molecule has 9 nitrogen and oxygen atoms in total. The number of nitrogens with zero attached hydrogens (tertiary/aromatic N) is 5. The van der Waals surface area contributed by atoms with Crippen molar-refractivity contribution in [1.29, 1.82) is 0 Å². The van der Waals surface area contributed by atoms with Crippen LogP contribution in [0.5, 0.6) is 0 Å². The molecule has 4 rings (SSSR count). The van der Waals surface area contributed by atoms with Gasteiger partial charge < -0.3 is 5.32 Å². The second kappa shape index (κ2) is 9.47. The molecule has 1 saturated carbocycles. The first-order chi connectivity index (χ1) is 16.4. The van der Waals surface area contributed by atoms with Gasteiger partial charge in [0.2, 0.25) is 10.9 Å². The zero-order valence-electron chi connectivity index (χ0n) is 19.1. The van der Waals surface area contributed by atoms with E-state index in [1.54, 1.807) is 7.05 Å². The van der Waals surface area contributed by atoms with Crippen LogP contribution in [0.1, 0.15) is 36.0 Å². The van der Waals surface area contributed by atoms with E-state index in [0.29, 0.717) is 6.07 Å². The number of aryl methyl sites for hydroxylation is 1. The van der Waals surface area contributed by atoms with Crippen LogP contribution < -0.4 is 5.32 Å². The zero-order valence-corrected chi connectivity index (χ0v) is 19.9. The highest BCUT2D eigenvalue weighted by molar-refractivity contribution is 7.89. The van der Waals surface area contributed by atoms with Gasteiger partial charge in [0.1, 0.15) is 11.6 Å². The quantitative estimate of drug-likeness (QED) is 0.586. The van der Waals surface area contributed by atoms with Crippen molar-refractivity contribution in [3.63, 3.8) is 0 Å². The molecule has 2 aromatic rings. The van der Waals surface area contributed by atoms with Crippen molar-refractivity contribution >= 4 is 15.9 Å². The molecule has 1 amide bonds. The minimum absolute atomic E-state index is 0.0321. The molecule has 35 heavy (non-hydrogen) atoms. The fourth-order valence-corrected chi connectivity index (χ4v) is 6.01. The summed E-state index contributed by atoms with van der Waals surface area (Å²) in [5, 5.41) is 9.79. The Labute approximate surface area is 200 Å². The topological polar surface area (TPSA) is 100 Å². The predicted octanol–water partition coefficient (Wildman–Crippen LogP) is 1.78. The van der Waals surface area contributed by atoms with Gasteiger partial charge in [-0.1, -0.05) is 5.21 Å². The van der Waals surface area contributed by atoms with Gasteiger partial charge >= 0.3 is 0 Å². The summed E-state index contributed by atoms with van der Waals surface area (Å²) in [5.41, 5.74) is -1.20. The standard InChI is InChI=1S/C21H26F4N6O3S/c1-29-13-18(27-28-29)35(33,34)31-10-8-30(9-11-31)20(4-6-21(24,25)7-5-20)14-26-19(32)16-3-2-15(22)12-17(16)23/h2-3,12-13H,4-11,14H2,1H3,(H,26,32). The van der Waals surface area contributed by atoms with Gasteiger partial charge in [0.05, 0.1) is 11.8 Å². The summed E-state index contributed by atoms with van der Waals surface area (Å²) in [6.45, 7) is 0.697. The number of benzene rings is 1. The SMILES string of the molecule is Cn1cc(S(=O)(=O)N2CCN(C3(CNC(=O)c4ccc(F)cc4F)CCC(F)(F)CC3)CC2)nn1. The fourth-order valence-electron chi connectivity index (χ4n) is 4.68. The number of carbonyl (C=O) groups is 1. The van der Waals surface area contributed by atoms with Crippen LogP contribution in [0.3, 0.4) is 0 Å². The molecule has 1 aliphatic heterocycles. The largest absolute Gasteiger partial charge is 0.350 e. The molecular weight excluding hydrogens is 492 g/mol. The lowest BCUT2D eigenvalue weighted by Crippen LogP contribution is -2.63. The average Bonchev–Trinajstić information content (AvgIpc) is 3.26. The number of nitrogens with one attached hydrogen (secondary N) is 1. The number of alkyl halides is 2. The van der Waals surface area contributed by atoms with E-state index in [4.69, 9.17) is 0 Å². The van der Waals surface area contributed by atoms with Crippen molar-refractivity contribution in [3.05, 3.63) is 41.6 Å². The van der Waals surface area contributed by atoms with Gasteiger partial charge in [-0.2, -0.15) is 4.31 Å². The van der Waals surface area contributed by atoms with E-state index in [-0.39, 0.29) is 69.0 Å². The molecule has 0 atom stereocenters. The van der Waals surface area contributed by atoms with Crippen molar-refractivity contribution in [2.45, 2.75) is 42.2 Å². The number of hydrogen-bond acceptors (Lipinski definition) is 6. The van der Waals surface area contributed by atoms with Crippen molar-refractivity contribution in [2.75, 3.05) is 32.7 Å². The van der Waals surface area contributed by atoms with Gasteiger partial charge in [-0.05, 0) is 25.0 Å². The van der Waals surface area contributed by atoms with E-state index in [1.807, 2.05) is 4.90 Å². The van der Waals surface area contributed by atoms with Crippen LogP contribution in [-0.4, -0.2) is 82.7 Å². The molecule has 0 bridgehead atoms. The molecule has 1 N–H and O–H groups in total. The summed E-state index contributed by atoms with van der Waals surface area (Å²) in [6, 6.07) is 2.59. The van der Waals surface area contributed by atoms with Gasteiger partial charge in [-0.3, -0.25) is 14.4 Å². The number of halogens is 4. The van der Waals surface area contributed by atoms with Crippen molar-refractivity contribution < 1.29 is 30.8 Å². The fraction of sp³-hybridized carbons (Fsp3) is 0.571. The molecule has 192 valence electrons. The minimum Gasteiger partial charge on any atom is -0.350 e. The third kappa shape index (κ3) is 5.33. The summed E-state index contributed by atoms with van der Waals surface area (Å²) >= 11 is 0. The third-order valence-electron chi connectivity index (χ3n) is 6.76. The second-order valence-electron chi connectivity index (χ2n) is 9.01. The molecule has 2 aliphatic rings. The number of sulfonamides is 1. The number of aromatic nitrogens is 3. The first-order valence-corrected chi connectivity index (χ1v) is 12.6. The van der Waals surface area contributed by atoms with Gasteiger partial charge in [-0.15, -0.1) is 5.10 Å². The third-order valence-corrected chi connectivity index (χ3v) is 8.52. The van der Waals surface area contributed by atoms with Crippen LogP contribution in [0, 0.1) is 11.6 Å². The maximum absolute atomic E-state index is 14.0. The Hall–Kier alpha value is -2.58. The summed E-state index contributed by atoms with van der Waals surface area (Å²) in [6.07, 6.45) is 0.681. The number of amides is 1. The summed E-state index contributed by atoms with van der Waals surface area (Å²) in [7, 11) is -2.30. The van der Waals surface area contributed by atoms with Gasteiger partial charge in [0.15, 0.2) is 0 Å². The second-order valence-corrected chi connectivity index (χ2v) is 10.9. The van der Waals surface area contributed by atoms with Gasteiger partial charge in [0, 0.05) is 64.2 Å². The molecule has 0 radical (unpaired) electrons. The molecule has 1 aromatic heterocycles. The first kappa shape index (κ1) is 25.5. The molecule has 0 spiro atoms. The van der Waals surface area contributed by atoms with E-state index >= 15 is 0 Å². The number of carbonyl (C=O) groups excluding carboxylic acids is 1. The number of hydrogen-bond donors (Lipinski definition) is 1. The molecule has 1 aromatic carbocycles. The molecule has 2 fully saturated rings. The Balaban J connectivity index is 1.47. The Morgan fingerprint density at radius 1 is 1.09 bits per heavy atom. The van der Waals surface area contributed by atoms with Gasteiger partial charge in [0.25, 0.3) is 15.9 Å². The molecule has 1 aliphatic carbocycles. The highest BCUT2D eigenvalue weighted by Crippen LogP contribution is 2.42. The van der Waals surface area contributed by atoms with E-state index in [1.165, 1.54) is 15.2 Å². The van der Waals surface area contributed by atoms with Crippen LogP contribution in [0.25, 0.3) is 0 Å². The van der Waals surface area contributed by atoms with Crippen LogP contribution in [0.15, 0.2) is 29.4 Å². The summed E-state index contributed by atoms with van der Waals surface area (Å²) in [5.74, 6) is -5.44. The van der Waals surface area contributed by atoms with Crippen molar-refractivity contribution in [2.24, 2.45) is 7.05 Å². The molecule has 14 heteroatoms. The molecule has 0 unspecified atom stereocenters. The average molecular weight is 519 g/mol. The van der Waals surface area contributed by atoms with Crippen LogP contribution in [0.4, 0.5) is 17.6 Å². The monoisotopic (exact) mass is 518 g/mol. The predicted molar refractivity (Wildman–Crippen MR) is 116 cm³/mol. The van der Waals surface area contributed by atoms with Crippen LogP contribution in [0.2, 0.25) is 0 Å². The van der Waals surface area contributed by atoms with E-state index in [2.05, 4.69) is 15.6 Å². The molecule has 1 saturated heterocycles. The summed E-state index contributed by atoms with van der Waals surface area (Å²) < 4.78 is 83.4. The van der Waals surface area contributed by atoms with E-state index < -0.39 is 39.0 Å². The molecule has 2 heterocycles. The Morgan fingerprint density at radius 3 is 2.31 bits per heavy atom. The van der Waals surface area contributed by atoms with Crippen LogP contribution >= 0.6 is 0 Å². The van der Waals surface area contributed by atoms with Gasteiger partial charge in [-0.25, -0.2) is 26.0 Å². The first-order valence-electron chi connectivity index (χ1n) is 11.1. The highest BCUT2D eigenvalue weighted by atomic mass is 32.2. The highest BCUT2D eigenvalue weighted by Gasteiger charge is 2.48. The maximum Gasteiger partial charge on any atom is 0.264 e. The number of piperazine rings is 1. The van der Waals surface area contributed by atoms with E-state index in [0.717, 1.165) is 12.1 Å².